The van der Waals surface area contributed by atoms with Gasteiger partial charge in [-0.2, -0.15) is 0 Å². The van der Waals surface area contributed by atoms with Gasteiger partial charge in [0, 0.05) is 6.20 Å². The summed E-state index contributed by atoms with van der Waals surface area (Å²) in [5, 5.41) is 9.46. The van der Waals surface area contributed by atoms with E-state index in [0.717, 1.165) is 5.57 Å². The molecule has 0 aromatic heterocycles. The van der Waals surface area contributed by atoms with Gasteiger partial charge in [0.2, 0.25) is 0 Å². The number of aliphatic carboxylic acids is 1. The Labute approximate surface area is 136 Å². The van der Waals surface area contributed by atoms with Crippen LogP contribution < -0.4 is 0 Å². The fraction of sp³-hybridized carbons (Fsp3) is 0.688. The van der Waals surface area contributed by atoms with Gasteiger partial charge >= 0.3 is 18.0 Å². The SMILES string of the molecule is CCOC(=O)C[C@H]1C[C@H](C(C)(C)C(=O)O)C(C)=CN1C(=O)OC. The Morgan fingerprint density at radius 1 is 1.39 bits per heavy atom. The quantitative estimate of drug-likeness (QED) is 0.779. The maximum atomic E-state index is 11.9. The normalized spacial score (nSPS) is 21.4. The molecule has 0 unspecified atom stereocenters. The van der Waals surface area contributed by atoms with Gasteiger partial charge in [-0.25, -0.2) is 4.79 Å². The van der Waals surface area contributed by atoms with Crippen molar-refractivity contribution in [2.75, 3.05) is 13.7 Å². The number of allylic oxidation sites excluding steroid dienone is 1. The van der Waals surface area contributed by atoms with E-state index >= 15 is 0 Å². The topological polar surface area (TPSA) is 93.1 Å². The van der Waals surface area contributed by atoms with E-state index < -0.39 is 29.5 Å². The summed E-state index contributed by atoms with van der Waals surface area (Å²) in [6.45, 7) is 7.03. The van der Waals surface area contributed by atoms with Gasteiger partial charge in [0.15, 0.2) is 0 Å². The first-order chi connectivity index (χ1) is 10.6. The van der Waals surface area contributed by atoms with Crippen LogP contribution in [0, 0.1) is 11.3 Å². The molecule has 0 radical (unpaired) electrons. The summed E-state index contributed by atoms with van der Waals surface area (Å²) in [6.07, 6.45) is 1.36. The van der Waals surface area contributed by atoms with E-state index in [1.807, 2.05) is 0 Å². The summed E-state index contributed by atoms with van der Waals surface area (Å²) in [4.78, 5) is 36.6. The van der Waals surface area contributed by atoms with Crippen molar-refractivity contribution in [2.24, 2.45) is 11.3 Å². The number of carbonyl (C=O) groups is 3. The average molecular weight is 327 g/mol. The lowest BCUT2D eigenvalue weighted by atomic mass is 9.70. The maximum Gasteiger partial charge on any atom is 0.413 e. The molecule has 0 spiro atoms. The second-order valence-electron chi connectivity index (χ2n) is 6.23. The van der Waals surface area contributed by atoms with Gasteiger partial charge in [-0.05, 0) is 40.0 Å². The van der Waals surface area contributed by atoms with Crippen LogP contribution in [0.2, 0.25) is 0 Å². The van der Waals surface area contributed by atoms with Crippen molar-refractivity contribution in [3.63, 3.8) is 0 Å². The van der Waals surface area contributed by atoms with Crippen LogP contribution in [0.5, 0.6) is 0 Å². The third-order valence-corrected chi connectivity index (χ3v) is 4.31. The van der Waals surface area contributed by atoms with Gasteiger partial charge in [-0.3, -0.25) is 14.5 Å². The molecule has 0 aromatic rings. The number of carbonyl (C=O) groups excluding carboxylic acids is 2. The molecule has 2 atom stereocenters. The second kappa shape index (κ2) is 7.48. The van der Waals surface area contributed by atoms with Crippen molar-refractivity contribution in [3.8, 4) is 0 Å². The fourth-order valence-electron chi connectivity index (χ4n) is 2.90. The van der Waals surface area contributed by atoms with Crippen LogP contribution in [0.25, 0.3) is 0 Å². The Bertz CT molecular complexity index is 511. The number of nitrogens with zero attached hydrogens (tertiary/aromatic N) is 1. The van der Waals surface area contributed by atoms with Gasteiger partial charge in [0.1, 0.15) is 0 Å². The minimum Gasteiger partial charge on any atom is -0.481 e. The molecular weight excluding hydrogens is 302 g/mol. The molecule has 130 valence electrons. The van der Waals surface area contributed by atoms with Crippen LogP contribution in [0.15, 0.2) is 11.8 Å². The molecule has 1 amide bonds. The number of hydrogen-bond donors (Lipinski definition) is 1. The Hall–Kier alpha value is -2.05. The van der Waals surface area contributed by atoms with Crippen molar-refractivity contribution < 1.29 is 29.0 Å². The molecule has 7 nitrogen and oxygen atoms in total. The summed E-state index contributed by atoms with van der Waals surface area (Å²) in [5.74, 6) is -1.64. The zero-order chi connectivity index (χ0) is 17.8. The second-order valence-corrected chi connectivity index (χ2v) is 6.23. The minimum absolute atomic E-state index is 0.00107. The molecule has 1 N–H and O–H groups in total. The Morgan fingerprint density at radius 2 is 2.00 bits per heavy atom. The van der Waals surface area contributed by atoms with Crippen molar-refractivity contribution in [3.05, 3.63) is 11.8 Å². The number of hydrogen-bond acceptors (Lipinski definition) is 5. The first-order valence-electron chi connectivity index (χ1n) is 7.58. The monoisotopic (exact) mass is 327 g/mol. The molecular formula is C16H25NO6. The highest BCUT2D eigenvalue weighted by atomic mass is 16.5. The molecule has 0 aliphatic carbocycles. The number of carboxylic acids is 1. The van der Waals surface area contributed by atoms with Gasteiger partial charge < -0.3 is 14.6 Å². The van der Waals surface area contributed by atoms with Crippen LogP contribution in [-0.2, 0) is 19.1 Å². The summed E-state index contributed by atoms with van der Waals surface area (Å²) in [7, 11) is 1.26. The summed E-state index contributed by atoms with van der Waals surface area (Å²) in [5.41, 5.74) is -0.238. The predicted octanol–water partition coefficient (Wildman–Crippen LogP) is 2.41. The average Bonchev–Trinajstić information content (AvgIpc) is 2.47. The molecule has 1 aliphatic heterocycles. The van der Waals surface area contributed by atoms with Gasteiger partial charge in [0.25, 0.3) is 0 Å². The van der Waals surface area contributed by atoms with Crippen LogP contribution in [-0.4, -0.2) is 47.8 Å². The van der Waals surface area contributed by atoms with Crippen LogP contribution in [0.4, 0.5) is 4.79 Å². The molecule has 0 saturated carbocycles. The molecule has 0 fully saturated rings. The Kier molecular flexibility index (Phi) is 6.18. The molecule has 7 heteroatoms. The summed E-state index contributed by atoms with van der Waals surface area (Å²) >= 11 is 0. The number of methoxy groups -OCH3 is 1. The van der Waals surface area contributed by atoms with Crippen LogP contribution >= 0.6 is 0 Å². The Balaban J connectivity index is 3.12. The fourth-order valence-corrected chi connectivity index (χ4v) is 2.90. The van der Waals surface area contributed by atoms with E-state index in [4.69, 9.17) is 9.47 Å². The van der Waals surface area contributed by atoms with E-state index in [-0.39, 0.29) is 18.9 Å². The largest absolute Gasteiger partial charge is 0.481 e. The third kappa shape index (κ3) is 4.24. The third-order valence-electron chi connectivity index (χ3n) is 4.31. The zero-order valence-corrected chi connectivity index (χ0v) is 14.3. The number of esters is 1. The molecule has 1 heterocycles. The highest BCUT2D eigenvalue weighted by Gasteiger charge is 2.43. The predicted molar refractivity (Wildman–Crippen MR) is 82.6 cm³/mol. The van der Waals surface area contributed by atoms with Gasteiger partial charge in [0.05, 0.1) is 31.6 Å². The van der Waals surface area contributed by atoms with Crippen molar-refractivity contribution in [1.82, 2.24) is 4.90 Å². The molecule has 0 bridgehead atoms. The van der Waals surface area contributed by atoms with Crippen molar-refractivity contribution >= 4 is 18.0 Å². The highest BCUT2D eigenvalue weighted by molar-refractivity contribution is 5.76. The summed E-state index contributed by atoms with van der Waals surface area (Å²) in [6, 6.07) is -0.492. The van der Waals surface area contributed by atoms with E-state index in [2.05, 4.69) is 0 Å². The number of ether oxygens (including phenoxy) is 2. The highest BCUT2D eigenvalue weighted by Crippen LogP contribution is 2.41. The number of amides is 1. The first kappa shape index (κ1) is 19.0. The van der Waals surface area contributed by atoms with Gasteiger partial charge in [-0.1, -0.05) is 5.57 Å². The summed E-state index contributed by atoms with van der Waals surface area (Å²) < 4.78 is 9.70. The molecule has 0 aromatic carbocycles. The molecule has 23 heavy (non-hydrogen) atoms. The number of rotatable bonds is 5. The first-order valence-corrected chi connectivity index (χ1v) is 7.58. The van der Waals surface area contributed by atoms with E-state index in [9.17, 15) is 19.5 Å². The maximum absolute atomic E-state index is 11.9. The van der Waals surface area contributed by atoms with Crippen molar-refractivity contribution in [2.45, 2.75) is 46.6 Å². The lowest BCUT2D eigenvalue weighted by molar-refractivity contribution is -0.150. The lowest BCUT2D eigenvalue weighted by Crippen LogP contribution is -2.46. The van der Waals surface area contributed by atoms with Crippen molar-refractivity contribution in [1.29, 1.82) is 0 Å². The lowest BCUT2D eigenvalue weighted by Gasteiger charge is -2.41. The molecule has 1 aliphatic rings. The van der Waals surface area contributed by atoms with E-state index in [1.165, 1.54) is 12.0 Å². The molecule has 0 saturated heterocycles. The molecule has 1 rings (SSSR count). The zero-order valence-electron chi connectivity index (χ0n) is 14.3. The Morgan fingerprint density at radius 3 is 2.48 bits per heavy atom. The van der Waals surface area contributed by atoms with Gasteiger partial charge in [-0.15, -0.1) is 0 Å². The smallest absolute Gasteiger partial charge is 0.413 e. The van der Waals surface area contributed by atoms with Crippen LogP contribution in [0.3, 0.4) is 0 Å². The van der Waals surface area contributed by atoms with E-state index in [1.54, 1.807) is 33.9 Å². The standard InChI is InChI=1S/C16H25NO6/c1-6-23-13(18)8-11-7-12(16(3,4)14(19)20)10(2)9-17(11)15(21)22-5/h9,11-12H,6-8H2,1-5H3,(H,19,20)/t11-,12+/m1/s1. The number of carboxylic acid groups (broad SMARTS) is 1. The minimum atomic E-state index is -1.00. The van der Waals surface area contributed by atoms with E-state index in [0.29, 0.717) is 6.42 Å². The van der Waals surface area contributed by atoms with Crippen LogP contribution in [0.1, 0.15) is 40.5 Å².